The van der Waals surface area contributed by atoms with Crippen LogP contribution in [0.4, 0.5) is 4.39 Å². The first-order valence-corrected chi connectivity index (χ1v) is 6.63. The predicted molar refractivity (Wildman–Crippen MR) is 79.5 cm³/mol. The summed E-state index contributed by atoms with van der Waals surface area (Å²) in [5, 5.41) is 0. The van der Waals surface area contributed by atoms with E-state index in [0.717, 1.165) is 0 Å². The van der Waals surface area contributed by atoms with Crippen molar-refractivity contribution < 1.29 is 18.7 Å². The van der Waals surface area contributed by atoms with Crippen molar-refractivity contribution in [2.24, 2.45) is 0 Å². The summed E-state index contributed by atoms with van der Waals surface area (Å²) in [5.74, 6) is -0.0353. The second kappa shape index (κ2) is 6.89. The number of carbonyl (C=O) groups excluding carboxylic acids is 1. The van der Waals surface area contributed by atoms with Crippen molar-refractivity contribution in [3.8, 4) is 11.6 Å². The van der Waals surface area contributed by atoms with Gasteiger partial charge in [0.15, 0.2) is 11.6 Å². The molecule has 6 heteroatoms. The third kappa shape index (κ3) is 3.52. The summed E-state index contributed by atoms with van der Waals surface area (Å²) in [6, 6.07) is 7.87. The standard InChI is InChI=1S/C16H17FN2O3/c1-19(10-11-4-6-14(21-2)13(17)8-11)16(20)12-5-7-15(22-3)18-9-12/h4-9H,10H2,1-3H3. The number of carbonyl (C=O) groups is 1. The van der Waals surface area contributed by atoms with Crippen molar-refractivity contribution in [1.29, 1.82) is 0 Å². The van der Waals surface area contributed by atoms with Gasteiger partial charge in [-0.2, -0.15) is 0 Å². The van der Waals surface area contributed by atoms with E-state index in [-0.39, 0.29) is 18.2 Å². The first-order valence-electron chi connectivity index (χ1n) is 6.63. The number of ether oxygens (including phenoxy) is 2. The maximum atomic E-state index is 13.7. The summed E-state index contributed by atoms with van der Waals surface area (Å²) in [4.78, 5) is 17.8. The topological polar surface area (TPSA) is 51.7 Å². The quantitative estimate of drug-likeness (QED) is 0.851. The van der Waals surface area contributed by atoms with E-state index in [4.69, 9.17) is 9.47 Å². The zero-order chi connectivity index (χ0) is 16.1. The maximum Gasteiger partial charge on any atom is 0.255 e. The van der Waals surface area contributed by atoms with Crippen LogP contribution in [-0.2, 0) is 6.54 Å². The lowest BCUT2D eigenvalue weighted by Crippen LogP contribution is -2.26. The molecule has 0 aliphatic heterocycles. The van der Waals surface area contributed by atoms with Gasteiger partial charge >= 0.3 is 0 Å². The molecular weight excluding hydrogens is 287 g/mol. The fourth-order valence-corrected chi connectivity index (χ4v) is 2.00. The molecule has 2 rings (SSSR count). The molecule has 0 bridgehead atoms. The van der Waals surface area contributed by atoms with Crippen molar-refractivity contribution in [2.75, 3.05) is 21.3 Å². The minimum Gasteiger partial charge on any atom is -0.494 e. The number of benzene rings is 1. The fourth-order valence-electron chi connectivity index (χ4n) is 2.00. The van der Waals surface area contributed by atoms with E-state index in [1.165, 1.54) is 37.4 Å². The lowest BCUT2D eigenvalue weighted by Gasteiger charge is -2.17. The molecule has 0 aliphatic carbocycles. The zero-order valence-electron chi connectivity index (χ0n) is 12.7. The highest BCUT2D eigenvalue weighted by molar-refractivity contribution is 5.93. The van der Waals surface area contributed by atoms with Gasteiger partial charge in [-0.15, -0.1) is 0 Å². The second-order valence-electron chi connectivity index (χ2n) is 4.72. The highest BCUT2D eigenvalue weighted by Gasteiger charge is 2.13. The Morgan fingerprint density at radius 1 is 1.23 bits per heavy atom. The van der Waals surface area contributed by atoms with Gasteiger partial charge in [-0.05, 0) is 23.8 Å². The van der Waals surface area contributed by atoms with Crippen LogP contribution in [-0.4, -0.2) is 37.1 Å². The van der Waals surface area contributed by atoms with Crippen LogP contribution >= 0.6 is 0 Å². The Balaban J connectivity index is 2.08. The number of pyridine rings is 1. The molecule has 0 spiro atoms. The molecule has 0 fully saturated rings. The third-order valence-electron chi connectivity index (χ3n) is 3.18. The monoisotopic (exact) mass is 304 g/mol. The third-order valence-corrected chi connectivity index (χ3v) is 3.18. The Hall–Kier alpha value is -2.63. The van der Waals surface area contributed by atoms with Crippen LogP contribution in [0.25, 0.3) is 0 Å². The molecule has 1 heterocycles. The number of rotatable bonds is 5. The Kier molecular flexibility index (Phi) is 4.93. The van der Waals surface area contributed by atoms with Gasteiger partial charge in [0.1, 0.15) is 0 Å². The van der Waals surface area contributed by atoms with E-state index in [1.54, 1.807) is 25.2 Å². The SMILES string of the molecule is COc1ccc(C(=O)N(C)Cc2ccc(OC)c(F)c2)cn1. The Bertz CT molecular complexity index is 659. The van der Waals surface area contributed by atoms with E-state index in [2.05, 4.69) is 4.98 Å². The molecule has 0 atom stereocenters. The van der Waals surface area contributed by atoms with E-state index >= 15 is 0 Å². The van der Waals surface area contributed by atoms with Crippen LogP contribution in [0.1, 0.15) is 15.9 Å². The van der Waals surface area contributed by atoms with Gasteiger partial charge in [-0.25, -0.2) is 9.37 Å². The molecule has 2 aromatic rings. The maximum absolute atomic E-state index is 13.7. The number of nitrogens with zero attached hydrogens (tertiary/aromatic N) is 2. The predicted octanol–water partition coefficient (Wildman–Crippen LogP) is 2.51. The van der Waals surface area contributed by atoms with Gasteiger partial charge in [-0.3, -0.25) is 4.79 Å². The Morgan fingerprint density at radius 3 is 2.55 bits per heavy atom. The van der Waals surface area contributed by atoms with Crippen molar-refractivity contribution in [1.82, 2.24) is 9.88 Å². The summed E-state index contributed by atoms with van der Waals surface area (Å²) >= 11 is 0. The Morgan fingerprint density at radius 2 is 2.00 bits per heavy atom. The fraction of sp³-hybridized carbons (Fsp3) is 0.250. The minimum absolute atomic E-state index is 0.178. The molecule has 0 radical (unpaired) electrons. The van der Waals surface area contributed by atoms with E-state index in [0.29, 0.717) is 17.0 Å². The molecular formula is C16H17FN2O3. The summed E-state index contributed by atoms with van der Waals surface area (Å²) < 4.78 is 23.5. The number of aromatic nitrogens is 1. The van der Waals surface area contributed by atoms with E-state index in [1.807, 2.05) is 0 Å². The summed E-state index contributed by atoms with van der Waals surface area (Å²) in [6.07, 6.45) is 1.45. The molecule has 1 aromatic carbocycles. The van der Waals surface area contributed by atoms with Gasteiger partial charge in [0.2, 0.25) is 5.88 Å². The number of hydrogen-bond acceptors (Lipinski definition) is 4. The lowest BCUT2D eigenvalue weighted by atomic mass is 10.2. The molecule has 116 valence electrons. The van der Waals surface area contributed by atoms with Crippen LogP contribution in [0.2, 0.25) is 0 Å². The molecule has 0 unspecified atom stereocenters. The molecule has 5 nitrogen and oxygen atoms in total. The number of methoxy groups -OCH3 is 2. The number of hydrogen-bond donors (Lipinski definition) is 0. The van der Waals surface area contributed by atoms with E-state index in [9.17, 15) is 9.18 Å². The highest BCUT2D eigenvalue weighted by atomic mass is 19.1. The zero-order valence-corrected chi connectivity index (χ0v) is 12.7. The number of amides is 1. The Labute approximate surface area is 128 Å². The first kappa shape index (κ1) is 15.8. The molecule has 1 aromatic heterocycles. The van der Waals surface area contributed by atoms with Gasteiger partial charge in [0.25, 0.3) is 5.91 Å². The number of halogens is 1. The molecule has 0 aliphatic rings. The van der Waals surface area contributed by atoms with E-state index < -0.39 is 5.82 Å². The lowest BCUT2D eigenvalue weighted by molar-refractivity contribution is 0.0784. The summed E-state index contributed by atoms with van der Waals surface area (Å²) in [6.45, 7) is 0.284. The van der Waals surface area contributed by atoms with Crippen LogP contribution in [0.15, 0.2) is 36.5 Å². The van der Waals surface area contributed by atoms with Crippen LogP contribution in [0.3, 0.4) is 0 Å². The summed E-state index contributed by atoms with van der Waals surface area (Å²) in [7, 11) is 4.56. The normalized spacial score (nSPS) is 10.2. The van der Waals surface area contributed by atoms with Crippen molar-refractivity contribution in [2.45, 2.75) is 6.54 Å². The molecule has 1 amide bonds. The van der Waals surface area contributed by atoms with Gasteiger partial charge in [0, 0.05) is 25.9 Å². The van der Waals surface area contributed by atoms with Crippen LogP contribution < -0.4 is 9.47 Å². The molecule has 0 saturated carbocycles. The van der Waals surface area contributed by atoms with Gasteiger partial charge in [0.05, 0.1) is 19.8 Å². The van der Waals surface area contributed by atoms with Crippen LogP contribution in [0, 0.1) is 5.82 Å². The average molecular weight is 304 g/mol. The first-order chi connectivity index (χ1) is 10.5. The van der Waals surface area contributed by atoms with Crippen molar-refractivity contribution in [3.63, 3.8) is 0 Å². The molecule has 22 heavy (non-hydrogen) atoms. The average Bonchev–Trinajstić information content (AvgIpc) is 2.54. The van der Waals surface area contributed by atoms with Crippen LogP contribution in [0.5, 0.6) is 11.6 Å². The molecule has 0 N–H and O–H groups in total. The summed E-state index contributed by atoms with van der Waals surface area (Å²) in [5.41, 5.74) is 1.12. The minimum atomic E-state index is -0.452. The second-order valence-corrected chi connectivity index (χ2v) is 4.72. The highest BCUT2D eigenvalue weighted by Crippen LogP contribution is 2.19. The largest absolute Gasteiger partial charge is 0.494 e. The molecule has 0 saturated heterocycles. The van der Waals surface area contributed by atoms with Gasteiger partial charge in [-0.1, -0.05) is 6.07 Å². The smallest absolute Gasteiger partial charge is 0.255 e. The van der Waals surface area contributed by atoms with Crippen molar-refractivity contribution >= 4 is 5.91 Å². The van der Waals surface area contributed by atoms with Crippen molar-refractivity contribution in [3.05, 3.63) is 53.5 Å². The van der Waals surface area contributed by atoms with Gasteiger partial charge < -0.3 is 14.4 Å².